The summed E-state index contributed by atoms with van der Waals surface area (Å²) in [5, 5.41) is 21.1. The Morgan fingerprint density at radius 1 is 0.889 bits per heavy atom. The van der Waals surface area contributed by atoms with Crippen LogP contribution in [0.2, 0.25) is 5.02 Å². The van der Waals surface area contributed by atoms with Crippen LogP contribution in [0.1, 0.15) is 22.3 Å². The fourth-order valence-electron chi connectivity index (χ4n) is 3.83. The van der Waals surface area contributed by atoms with Gasteiger partial charge in [-0.25, -0.2) is 10.9 Å². The molecule has 0 spiro atoms. The first-order valence-corrected chi connectivity index (χ1v) is 8.73. The van der Waals surface area contributed by atoms with E-state index in [0.29, 0.717) is 33.0 Å². The highest BCUT2D eigenvalue weighted by molar-refractivity contribution is 6.32. The second kappa shape index (κ2) is 6.01. The van der Waals surface area contributed by atoms with Gasteiger partial charge in [-0.2, -0.15) is 0 Å². The third kappa shape index (κ3) is 2.32. The van der Waals surface area contributed by atoms with Crippen molar-refractivity contribution in [2.24, 2.45) is 5.84 Å². The third-order valence-electron chi connectivity index (χ3n) is 5.15. The van der Waals surface area contributed by atoms with Gasteiger partial charge in [-0.1, -0.05) is 41.9 Å². The number of carbonyl (C=O) groups excluding carboxylic acids is 1. The predicted molar refractivity (Wildman–Crippen MR) is 104 cm³/mol. The van der Waals surface area contributed by atoms with E-state index < -0.39 is 5.41 Å². The first kappa shape index (κ1) is 17.4. The molecule has 0 aromatic heterocycles. The number of rotatable bonds is 2. The summed E-state index contributed by atoms with van der Waals surface area (Å²) >= 11 is 6.27. The fraction of sp³-hybridized carbons (Fsp3) is 0.0952. The quantitative estimate of drug-likeness (QED) is 0.468. The minimum atomic E-state index is -1.21. The molecule has 0 saturated heterocycles. The molecule has 5 nitrogen and oxygen atoms in total. The summed E-state index contributed by atoms with van der Waals surface area (Å²) in [4.78, 5) is 13.6. The van der Waals surface area contributed by atoms with Gasteiger partial charge in [-0.05, 0) is 53.9 Å². The van der Waals surface area contributed by atoms with Crippen LogP contribution in [0.5, 0.6) is 11.5 Å². The van der Waals surface area contributed by atoms with Gasteiger partial charge in [-0.3, -0.25) is 4.79 Å². The molecule has 0 atom stereocenters. The van der Waals surface area contributed by atoms with Gasteiger partial charge < -0.3 is 10.2 Å². The average Bonchev–Trinajstić information content (AvgIpc) is 2.89. The Morgan fingerprint density at radius 3 is 1.85 bits per heavy atom. The molecule has 27 heavy (non-hydrogen) atoms. The van der Waals surface area contributed by atoms with E-state index in [1.807, 2.05) is 6.92 Å². The van der Waals surface area contributed by atoms with Crippen molar-refractivity contribution in [1.82, 2.24) is 0 Å². The number of amides is 1. The molecule has 0 unspecified atom stereocenters. The van der Waals surface area contributed by atoms with Gasteiger partial charge in [0, 0.05) is 10.6 Å². The molecule has 1 heterocycles. The van der Waals surface area contributed by atoms with E-state index in [1.54, 1.807) is 36.4 Å². The highest BCUT2D eigenvalue weighted by Gasteiger charge is 2.53. The number of fused-ring (bicyclic) bond motifs is 1. The van der Waals surface area contributed by atoms with E-state index in [1.165, 1.54) is 24.3 Å². The maximum Gasteiger partial charge on any atom is 0.260 e. The number of aromatic hydroxyl groups is 2. The van der Waals surface area contributed by atoms with Gasteiger partial charge in [0.15, 0.2) is 0 Å². The van der Waals surface area contributed by atoms with Crippen LogP contribution in [0.3, 0.4) is 0 Å². The number of nitrogens with zero attached hydrogens (tertiary/aromatic N) is 1. The molecule has 4 N–H and O–H groups in total. The highest BCUT2D eigenvalue weighted by Crippen LogP contribution is 2.51. The number of halogens is 1. The Morgan fingerprint density at radius 2 is 1.37 bits per heavy atom. The number of phenols is 2. The first-order chi connectivity index (χ1) is 12.9. The smallest absolute Gasteiger partial charge is 0.260 e. The summed E-state index contributed by atoms with van der Waals surface area (Å²) in [6, 6.07) is 16.5. The maximum atomic E-state index is 13.6. The van der Waals surface area contributed by atoms with E-state index >= 15 is 0 Å². The number of hydrogen-bond acceptors (Lipinski definition) is 4. The van der Waals surface area contributed by atoms with Crippen LogP contribution >= 0.6 is 11.6 Å². The second-order valence-corrected chi connectivity index (χ2v) is 6.99. The summed E-state index contributed by atoms with van der Waals surface area (Å²) in [6.07, 6.45) is 0. The van der Waals surface area contributed by atoms with Crippen molar-refractivity contribution in [3.8, 4) is 11.5 Å². The minimum Gasteiger partial charge on any atom is -0.508 e. The van der Waals surface area contributed by atoms with Gasteiger partial charge in [0.05, 0.1) is 5.69 Å². The molecule has 1 aliphatic rings. The van der Waals surface area contributed by atoms with Crippen molar-refractivity contribution < 1.29 is 15.0 Å². The lowest BCUT2D eigenvalue weighted by Gasteiger charge is -2.29. The maximum absolute atomic E-state index is 13.6. The lowest BCUT2D eigenvalue weighted by molar-refractivity contribution is -0.120. The average molecular weight is 381 g/mol. The standard InChI is InChI=1S/C21H17ClN2O3/c1-12-18(22)11-10-17-19(12)24(23)20(27)21(17,13-2-6-15(25)7-3-13)14-4-8-16(26)9-5-14/h2-11,25-26H,23H2,1H3. The summed E-state index contributed by atoms with van der Waals surface area (Å²) in [7, 11) is 0. The van der Waals surface area contributed by atoms with Crippen molar-refractivity contribution in [2.75, 3.05) is 5.01 Å². The topological polar surface area (TPSA) is 86.8 Å². The van der Waals surface area contributed by atoms with E-state index in [2.05, 4.69) is 0 Å². The van der Waals surface area contributed by atoms with Crippen molar-refractivity contribution >= 4 is 23.2 Å². The van der Waals surface area contributed by atoms with E-state index in [4.69, 9.17) is 17.4 Å². The summed E-state index contributed by atoms with van der Waals surface area (Å²) < 4.78 is 0. The second-order valence-electron chi connectivity index (χ2n) is 6.59. The van der Waals surface area contributed by atoms with Crippen molar-refractivity contribution in [1.29, 1.82) is 0 Å². The van der Waals surface area contributed by atoms with Gasteiger partial charge in [0.2, 0.25) is 0 Å². The van der Waals surface area contributed by atoms with E-state index in [-0.39, 0.29) is 17.4 Å². The third-order valence-corrected chi connectivity index (χ3v) is 5.56. The molecular formula is C21H17ClN2O3. The Labute approximate surface area is 161 Å². The molecule has 0 fully saturated rings. The minimum absolute atomic E-state index is 0.0992. The summed E-state index contributed by atoms with van der Waals surface area (Å²) in [6.45, 7) is 1.82. The molecule has 136 valence electrons. The molecular weight excluding hydrogens is 364 g/mol. The molecule has 6 heteroatoms. The van der Waals surface area contributed by atoms with Crippen LogP contribution in [0.15, 0.2) is 60.7 Å². The molecule has 0 saturated carbocycles. The molecule has 0 aliphatic carbocycles. The zero-order valence-electron chi connectivity index (χ0n) is 14.5. The lowest BCUT2D eigenvalue weighted by atomic mass is 9.70. The molecule has 1 amide bonds. The Hall–Kier alpha value is -3.02. The number of hydrazine groups is 1. The number of carbonyl (C=O) groups is 1. The number of benzene rings is 3. The van der Waals surface area contributed by atoms with Crippen molar-refractivity contribution in [2.45, 2.75) is 12.3 Å². The molecule has 1 aliphatic heterocycles. The largest absolute Gasteiger partial charge is 0.508 e. The van der Waals surface area contributed by atoms with Gasteiger partial charge in [0.25, 0.3) is 5.91 Å². The molecule has 4 rings (SSSR count). The van der Waals surface area contributed by atoms with Crippen LogP contribution < -0.4 is 10.9 Å². The summed E-state index contributed by atoms with van der Waals surface area (Å²) in [5.74, 6) is 6.06. The number of hydrogen-bond donors (Lipinski definition) is 3. The van der Waals surface area contributed by atoms with Crippen LogP contribution in [0.4, 0.5) is 5.69 Å². The molecule has 3 aromatic carbocycles. The Bertz CT molecular complexity index is 1000. The van der Waals surface area contributed by atoms with E-state index in [9.17, 15) is 15.0 Å². The van der Waals surface area contributed by atoms with Gasteiger partial charge in [-0.15, -0.1) is 0 Å². The summed E-state index contributed by atoms with van der Waals surface area (Å²) in [5.41, 5.74) is 2.09. The van der Waals surface area contributed by atoms with Gasteiger partial charge >= 0.3 is 0 Å². The molecule has 3 aromatic rings. The highest BCUT2D eigenvalue weighted by atomic mass is 35.5. The zero-order chi connectivity index (χ0) is 19.3. The normalized spacial score (nSPS) is 15.1. The van der Waals surface area contributed by atoms with Gasteiger partial charge in [0.1, 0.15) is 16.9 Å². The van der Waals surface area contributed by atoms with Crippen LogP contribution in [0, 0.1) is 6.92 Å². The molecule has 0 bridgehead atoms. The lowest BCUT2D eigenvalue weighted by Crippen LogP contribution is -2.45. The van der Waals surface area contributed by atoms with Crippen molar-refractivity contribution in [3.63, 3.8) is 0 Å². The first-order valence-electron chi connectivity index (χ1n) is 8.35. The molecule has 0 radical (unpaired) electrons. The number of nitrogens with two attached hydrogens (primary N) is 1. The van der Waals surface area contributed by atoms with Crippen LogP contribution in [0.25, 0.3) is 0 Å². The predicted octanol–water partition coefficient (Wildman–Crippen LogP) is 3.61. The Kier molecular flexibility index (Phi) is 3.87. The SMILES string of the molecule is Cc1c(Cl)ccc2c1N(N)C(=O)C2(c1ccc(O)cc1)c1ccc(O)cc1. The van der Waals surface area contributed by atoms with Crippen LogP contribution in [-0.4, -0.2) is 16.1 Å². The number of phenolic OH excluding ortho intramolecular Hbond substituents is 2. The van der Waals surface area contributed by atoms with Crippen molar-refractivity contribution in [3.05, 3.63) is 87.9 Å². The number of anilines is 1. The fourth-order valence-corrected chi connectivity index (χ4v) is 3.99. The van der Waals surface area contributed by atoms with E-state index in [0.717, 1.165) is 5.01 Å². The Balaban J connectivity index is 2.12. The van der Waals surface area contributed by atoms with Crippen LogP contribution in [-0.2, 0) is 10.2 Å². The zero-order valence-corrected chi connectivity index (χ0v) is 15.2. The monoisotopic (exact) mass is 380 g/mol.